The van der Waals surface area contributed by atoms with Gasteiger partial charge in [-0.05, 0) is 48.0 Å². The van der Waals surface area contributed by atoms with Crippen LogP contribution in [0.5, 0.6) is 0 Å². The quantitative estimate of drug-likeness (QED) is 0.133. The number of nitro groups is 1. The Labute approximate surface area is 229 Å². The summed E-state index contributed by atoms with van der Waals surface area (Å²) in [6.45, 7) is 0. The van der Waals surface area contributed by atoms with Gasteiger partial charge < -0.3 is 5.32 Å². The maximum absolute atomic E-state index is 13.4. The lowest BCUT2D eigenvalue weighted by molar-refractivity contribution is -0.385. The largest absolute Gasteiger partial charge is 0.326 e. The first kappa shape index (κ1) is 26.6. The van der Waals surface area contributed by atoms with Gasteiger partial charge >= 0.3 is 0 Å². The molecule has 1 aliphatic carbocycles. The van der Waals surface area contributed by atoms with Gasteiger partial charge in [0, 0.05) is 29.2 Å². The lowest BCUT2D eigenvalue weighted by atomic mass is 10.0. The van der Waals surface area contributed by atoms with Crippen molar-refractivity contribution >= 4 is 81.1 Å². The van der Waals surface area contributed by atoms with Crippen molar-refractivity contribution < 1.29 is 18.9 Å². The molecule has 0 aliphatic heterocycles. The molecule has 1 amide bonds. The number of anilines is 1. The Morgan fingerprint density at radius 3 is 2.33 bits per heavy atom. The average Bonchev–Trinajstić information content (AvgIpc) is 3.39. The molecule has 0 heterocycles. The van der Waals surface area contributed by atoms with Crippen molar-refractivity contribution in [2.45, 2.75) is 16.7 Å². The number of Topliss-reactive ketones (excluding diaryl/α,β-unsaturated/α-hetero) is 1. The molecule has 0 saturated heterocycles. The van der Waals surface area contributed by atoms with Gasteiger partial charge in [0.2, 0.25) is 5.91 Å². The van der Waals surface area contributed by atoms with E-state index in [4.69, 9.17) is 58.0 Å². The fraction of sp³-hybridized carbons (Fsp3) is 0.167. The highest BCUT2D eigenvalue weighted by Gasteiger charge is 2.67. The number of alkyl halides is 2. The highest BCUT2D eigenvalue weighted by Crippen LogP contribution is 2.65. The Kier molecular flexibility index (Phi) is 7.51. The molecule has 2 atom stereocenters. The van der Waals surface area contributed by atoms with Gasteiger partial charge in [-0.3, -0.25) is 19.7 Å². The highest BCUT2D eigenvalue weighted by molar-refractivity contribution is 6.53. The fourth-order valence-corrected chi connectivity index (χ4v) is 5.29. The van der Waals surface area contributed by atoms with Crippen LogP contribution in [0.4, 0.5) is 15.8 Å². The molecule has 1 fully saturated rings. The summed E-state index contributed by atoms with van der Waals surface area (Å²) in [5, 5.41) is 14.6. The number of hydrogen-bond acceptors (Lipinski definition) is 4. The number of benzene rings is 3. The molecule has 0 radical (unpaired) electrons. The Balaban J connectivity index is 1.53. The SMILES string of the molecule is O=C(Cc1ccc(F)cc1[N+](=O)[O-])c1cc(NC(=O)C2C(c3ccc(Cl)c(Cl)c3)C2(Cl)Cl)ccc1Cl. The lowest BCUT2D eigenvalue weighted by Crippen LogP contribution is -2.17. The molecule has 36 heavy (non-hydrogen) atoms. The van der Waals surface area contributed by atoms with Crippen LogP contribution in [0.25, 0.3) is 0 Å². The molecular formula is C24H14Cl5FN2O4. The van der Waals surface area contributed by atoms with E-state index in [1.54, 1.807) is 18.2 Å². The van der Waals surface area contributed by atoms with Gasteiger partial charge in [-0.15, -0.1) is 23.2 Å². The number of carbonyl (C=O) groups excluding carboxylic acids is 2. The van der Waals surface area contributed by atoms with E-state index in [0.29, 0.717) is 15.6 Å². The van der Waals surface area contributed by atoms with Crippen LogP contribution in [-0.4, -0.2) is 20.9 Å². The van der Waals surface area contributed by atoms with Crippen LogP contribution < -0.4 is 5.32 Å². The first-order valence-electron chi connectivity index (χ1n) is 10.3. The first-order chi connectivity index (χ1) is 16.9. The monoisotopic (exact) mass is 588 g/mol. The van der Waals surface area contributed by atoms with Crippen molar-refractivity contribution in [2.75, 3.05) is 5.32 Å². The predicted octanol–water partition coefficient (Wildman–Crippen LogP) is 7.65. The van der Waals surface area contributed by atoms with Crippen LogP contribution in [0.1, 0.15) is 27.4 Å². The van der Waals surface area contributed by atoms with E-state index in [2.05, 4.69) is 5.32 Å². The van der Waals surface area contributed by atoms with E-state index in [9.17, 15) is 24.1 Å². The second kappa shape index (κ2) is 10.1. The van der Waals surface area contributed by atoms with Crippen LogP contribution in [-0.2, 0) is 11.2 Å². The van der Waals surface area contributed by atoms with Crippen LogP contribution in [0.3, 0.4) is 0 Å². The molecule has 1 saturated carbocycles. The number of carbonyl (C=O) groups is 2. The summed E-state index contributed by atoms with van der Waals surface area (Å²) < 4.78 is 12.0. The normalized spacial score (nSPS) is 17.9. The van der Waals surface area contributed by atoms with Crippen LogP contribution in [0.15, 0.2) is 54.6 Å². The van der Waals surface area contributed by atoms with Crippen molar-refractivity contribution in [3.05, 3.63) is 102 Å². The number of ketones is 1. The van der Waals surface area contributed by atoms with Crippen molar-refractivity contribution in [1.29, 1.82) is 0 Å². The zero-order valence-corrected chi connectivity index (χ0v) is 21.7. The van der Waals surface area contributed by atoms with Crippen molar-refractivity contribution in [3.8, 4) is 0 Å². The Bertz CT molecular complexity index is 1420. The minimum Gasteiger partial charge on any atom is -0.326 e. The molecule has 2 unspecified atom stereocenters. The fourth-order valence-electron chi connectivity index (χ4n) is 3.93. The topological polar surface area (TPSA) is 89.3 Å². The first-order valence-corrected chi connectivity index (χ1v) is 12.2. The van der Waals surface area contributed by atoms with Gasteiger partial charge in [-0.2, -0.15) is 0 Å². The smallest absolute Gasteiger partial charge is 0.275 e. The van der Waals surface area contributed by atoms with Gasteiger partial charge in [0.1, 0.15) is 10.2 Å². The van der Waals surface area contributed by atoms with Gasteiger partial charge in [0.05, 0.1) is 32.0 Å². The minimum atomic E-state index is -1.38. The van der Waals surface area contributed by atoms with E-state index >= 15 is 0 Å². The Morgan fingerprint density at radius 2 is 1.67 bits per heavy atom. The number of nitrogens with one attached hydrogen (secondary N) is 1. The highest BCUT2D eigenvalue weighted by atomic mass is 35.5. The van der Waals surface area contributed by atoms with Crippen molar-refractivity contribution in [2.24, 2.45) is 5.92 Å². The second-order valence-electron chi connectivity index (χ2n) is 8.12. The van der Waals surface area contributed by atoms with E-state index < -0.39 is 50.7 Å². The number of rotatable bonds is 7. The summed E-state index contributed by atoms with van der Waals surface area (Å²) >= 11 is 31.0. The standard InChI is InChI=1S/C24H14Cl5FN2O4/c25-16-6-4-14(10-15(16)20(33)8-11-1-3-13(30)9-19(11)32(35)36)31-23(34)22-21(24(22,28)29)12-2-5-17(26)18(27)7-12/h1-7,9-10,21-22H,8H2,(H,31,34). The number of amides is 1. The predicted molar refractivity (Wildman–Crippen MR) is 138 cm³/mol. The molecule has 0 bridgehead atoms. The molecule has 6 nitrogen and oxygen atoms in total. The average molecular weight is 591 g/mol. The van der Waals surface area contributed by atoms with Crippen LogP contribution in [0.2, 0.25) is 15.1 Å². The third-order valence-electron chi connectivity index (χ3n) is 5.77. The van der Waals surface area contributed by atoms with Crippen LogP contribution >= 0.6 is 58.0 Å². The number of hydrogen-bond donors (Lipinski definition) is 1. The molecule has 186 valence electrons. The third kappa shape index (κ3) is 5.31. The van der Waals surface area contributed by atoms with Gasteiger partial charge in [0.15, 0.2) is 5.78 Å². The summed E-state index contributed by atoms with van der Waals surface area (Å²) in [5.74, 6) is -3.20. The van der Waals surface area contributed by atoms with Crippen molar-refractivity contribution in [1.82, 2.24) is 0 Å². The third-order valence-corrected chi connectivity index (χ3v) is 7.78. The summed E-state index contributed by atoms with van der Waals surface area (Å²) in [7, 11) is 0. The summed E-state index contributed by atoms with van der Waals surface area (Å²) in [4.78, 5) is 36.3. The Hall–Kier alpha value is -2.42. The molecule has 4 rings (SSSR count). The zero-order chi connectivity index (χ0) is 26.4. The van der Waals surface area contributed by atoms with Gasteiger partial charge in [-0.1, -0.05) is 40.9 Å². The maximum Gasteiger partial charge on any atom is 0.275 e. The summed E-state index contributed by atoms with van der Waals surface area (Å²) in [6.07, 6.45) is -0.401. The number of halogens is 6. The maximum atomic E-state index is 13.4. The summed E-state index contributed by atoms with van der Waals surface area (Å²) in [5.41, 5.74) is 0.403. The minimum absolute atomic E-state index is 0.0212. The van der Waals surface area contributed by atoms with E-state index in [0.717, 1.165) is 12.1 Å². The molecule has 1 N–H and O–H groups in total. The second-order valence-corrected chi connectivity index (χ2v) is 10.8. The number of nitro benzene ring substituents is 1. The van der Waals surface area contributed by atoms with Gasteiger partial charge in [-0.25, -0.2) is 4.39 Å². The zero-order valence-electron chi connectivity index (χ0n) is 17.9. The lowest BCUT2D eigenvalue weighted by Gasteiger charge is -2.10. The molecule has 0 spiro atoms. The molecule has 0 aromatic heterocycles. The van der Waals surface area contributed by atoms with Gasteiger partial charge in [0.25, 0.3) is 5.69 Å². The van der Waals surface area contributed by atoms with E-state index in [1.165, 1.54) is 24.3 Å². The van der Waals surface area contributed by atoms with Crippen molar-refractivity contribution in [3.63, 3.8) is 0 Å². The van der Waals surface area contributed by atoms with E-state index in [-0.39, 0.29) is 21.8 Å². The molecule has 12 heteroatoms. The molecule has 1 aliphatic rings. The van der Waals surface area contributed by atoms with Crippen LogP contribution in [0, 0.1) is 21.8 Å². The van der Waals surface area contributed by atoms with E-state index in [1.807, 2.05) is 0 Å². The number of nitrogens with zero attached hydrogens (tertiary/aromatic N) is 1. The Morgan fingerprint density at radius 1 is 0.972 bits per heavy atom. The molecule has 3 aromatic rings. The molecular weight excluding hydrogens is 577 g/mol. The molecule has 3 aromatic carbocycles. The summed E-state index contributed by atoms with van der Waals surface area (Å²) in [6, 6.07) is 12.0.